The van der Waals surface area contributed by atoms with Crippen molar-refractivity contribution in [1.29, 1.82) is 0 Å². The Labute approximate surface area is 62.2 Å². The molecule has 1 heterocycles. The van der Waals surface area contributed by atoms with Crippen LogP contribution in [0.15, 0.2) is 16.9 Å². The quantitative estimate of drug-likeness (QED) is 0.498. The molecule has 0 saturated carbocycles. The number of hydrogen-bond donors (Lipinski definition) is 0. The third-order valence-corrected chi connectivity index (χ3v) is 1.89. The van der Waals surface area contributed by atoms with E-state index in [4.69, 9.17) is 0 Å². The monoisotopic (exact) mass is 138 g/mol. The van der Waals surface area contributed by atoms with E-state index in [2.05, 4.69) is 25.1 Å². The molecule has 0 fully saturated rings. The van der Waals surface area contributed by atoms with Crippen LogP contribution in [-0.4, -0.2) is 18.3 Å². The summed E-state index contributed by atoms with van der Waals surface area (Å²) >= 11 is 0. The molecule has 1 aliphatic heterocycles. The van der Waals surface area contributed by atoms with Gasteiger partial charge in [0.2, 0.25) is 0 Å². The molecule has 0 aromatic heterocycles. The molecule has 0 saturated heterocycles. The summed E-state index contributed by atoms with van der Waals surface area (Å²) < 4.78 is 0. The Morgan fingerprint density at radius 2 is 2.40 bits per heavy atom. The van der Waals surface area contributed by atoms with E-state index in [9.17, 15) is 0 Å². The summed E-state index contributed by atoms with van der Waals surface area (Å²) in [6.07, 6.45) is 5.11. The first-order valence-electron chi connectivity index (χ1n) is 3.63. The van der Waals surface area contributed by atoms with E-state index in [1.807, 2.05) is 18.3 Å². The third kappa shape index (κ3) is 1.59. The minimum Gasteiger partial charge on any atom is -0.276 e. The summed E-state index contributed by atoms with van der Waals surface area (Å²) in [5.74, 6) is 0.647. The Kier molecular flexibility index (Phi) is 2.10. The van der Waals surface area contributed by atoms with Gasteiger partial charge < -0.3 is 0 Å². The van der Waals surface area contributed by atoms with Crippen molar-refractivity contribution in [2.75, 3.05) is 7.05 Å². The van der Waals surface area contributed by atoms with Crippen molar-refractivity contribution in [3.8, 4) is 0 Å². The van der Waals surface area contributed by atoms with Crippen LogP contribution in [0, 0.1) is 5.92 Å². The summed E-state index contributed by atoms with van der Waals surface area (Å²) in [5.41, 5.74) is 1.40. The minimum atomic E-state index is 0.647. The van der Waals surface area contributed by atoms with Gasteiger partial charge in [0.1, 0.15) is 0 Å². The highest BCUT2D eigenvalue weighted by molar-refractivity contribution is 5.58. The van der Waals surface area contributed by atoms with Crippen molar-refractivity contribution in [3.63, 3.8) is 0 Å². The van der Waals surface area contributed by atoms with Crippen molar-refractivity contribution in [3.05, 3.63) is 11.8 Å². The van der Waals surface area contributed by atoms with Gasteiger partial charge in [-0.05, 0) is 19.3 Å². The number of hydrogen-bond acceptors (Lipinski definition) is 2. The Hall–Kier alpha value is -0.790. The molecule has 1 atom stereocenters. The van der Waals surface area contributed by atoms with Gasteiger partial charge in [0.15, 0.2) is 0 Å². The normalized spacial score (nSPS) is 26.1. The highest BCUT2D eigenvalue weighted by Crippen LogP contribution is 2.15. The van der Waals surface area contributed by atoms with Crippen LogP contribution in [0.1, 0.15) is 20.3 Å². The Morgan fingerprint density at radius 3 is 3.10 bits per heavy atom. The van der Waals surface area contributed by atoms with Gasteiger partial charge in [0.25, 0.3) is 0 Å². The average Bonchev–Trinajstić information content (AvgIpc) is 1.96. The molecule has 0 spiro atoms. The first kappa shape index (κ1) is 7.32. The Morgan fingerprint density at radius 1 is 1.70 bits per heavy atom. The van der Waals surface area contributed by atoms with E-state index < -0.39 is 0 Å². The second-order valence-electron chi connectivity index (χ2n) is 2.88. The lowest BCUT2D eigenvalue weighted by Gasteiger charge is -2.07. The molecule has 0 N–H and O–H groups in total. The molecule has 1 rings (SSSR count). The fourth-order valence-corrected chi connectivity index (χ4v) is 0.975. The van der Waals surface area contributed by atoms with Gasteiger partial charge >= 0.3 is 0 Å². The zero-order valence-electron chi connectivity index (χ0n) is 6.83. The van der Waals surface area contributed by atoms with Crippen molar-refractivity contribution < 1.29 is 0 Å². The van der Waals surface area contributed by atoms with Crippen molar-refractivity contribution in [2.45, 2.75) is 20.3 Å². The maximum absolute atomic E-state index is 4.16. The third-order valence-electron chi connectivity index (χ3n) is 1.89. The fraction of sp³-hybridized carbons (Fsp3) is 0.625. The molecule has 10 heavy (non-hydrogen) atoms. The summed E-state index contributed by atoms with van der Waals surface area (Å²) in [4.78, 5) is 0. The predicted octanol–water partition coefficient (Wildman–Crippen LogP) is 1.85. The minimum absolute atomic E-state index is 0.647. The predicted molar refractivity (Wildman–Crippen MR) is 43.8 cm³/mol. The standard InChI is InChI=1S/C8H14N2/c1-7-4-5-9-10(3)6-8(7)2/h5-7H,4H2,1-3H3. The fourth-order valence-electron chi connectivity index (χ4n) is 0.975. The van der Waals surface area contributed by atoms with E-state index in [1.165, 1.54) is 5.57 Å². The lowest BCUT2D eigenvalue weighted by molar-refractivity contribution is 0.488. The highest BCUT2D eigenvalue weighted by atomic mass is 15.4. The molecular formula is C8H14N2. The summed E-state index contributed by atoms with van der Waals surface area (Å²) in [6, 6.07) is 0. The van der Waals surface area contributed by atoms with E-state index >= 15 is 0 Å². The summed E-state index contributed by atoms with van der Waals surface area (Å²) in [6.45, 7) is 4.37. The lowest BCUT2D eigenvalue weighted by Crippen LogP contribution is -2.00. The molecule has 1 aliphatic rings. The maximum Gasteiger partial charge on any atom is 0.0296 e. The molecular weight excluding hydrogens is 124 g/mol. The summed E-state index contributed by atoms with van der Waals surface area (Å²) in [7, 11) is 1.96. The van der Waals surface area contributed by atoms with E-state index in [0.29, 0.717) is 5.92 Å². The first-order chi connectivity index (χ1) is 4.70. The van der Waals surface area contributed by atoms with Crippen molar-refractivity contribution >= 4 is 6.21 Å². The molecule has 0 amide bonds. The van der Waals surface area contributed by atoms with E-state index in [-0.39, 0.29) is 0 Å². The number of rotatable bonds is 0. The molecule has 0 aliphatic carbocycles. The van der Waals surface area contributed by atoms with Gasteiger partial charge in [0, 0.05) is 19.5 Å². The van der Waals surface area contributed by atoms with Crippen LogP contribution < -0.4 is 0 Å². The SMILES string of the molecule is CC1=CN(C)N=CCC1C. The maximum atomic E-state index is 4.16. The van der Waals surface area contributed by atoms with Crippen LogP contribution in [0.5, 0.6) is 0 Å². The van der Waals surface area contributed by atoms with Gasteiger partial charge in [-0.3, -0.25) is 5.01 Å². The molecule has 0 aromatic rings. The molecule has 2 nitrogen and oxygen atoms in total. The molecule has 0 bridgehead atoms. The average molecular weight is 138 g/mol. The number of hydrazone groups is 1. The lowest BCUT2D eigenvalue weighted by atomic mass is 10.0. The van der Waals surface area contributed by atoms with Gasteiger partial charge in [-0.15, -0.1) is 0 Å². The number of nitrogens with zero attached hydrogens (tertiary/aromatic N) is 2. The number of allylic oxidation sites excluding steroid dienone is 1. The Bertz CT molecular complexity index is 170. The van der Waals surface area contributed by atoms with Crippen LogP contribution in [-0.2, 0) is 0 Å². The van der Waals surface area contributed by atoms with Gasteiger partial charge in [-0.25, -0.2) is 0 Å². The zero-order chi connectivity index (χ0) is 7.56. The van der Waals surface area contributed by atoms with Crippen LogP contribution in [0.2, 0.25) is 0 Å². The van der Waals surface area contributed by atoms with Crippen LogP contribution in [0.25, 0.3) is 0 Å². The molecule has 1 unspecified atom stereocenters. The highest BCUT2D eigenvalue weighted by Gasteiger charge is 2.05. The van der Waals surface area contributed by atoms with Gasteiger partial charge in [-0.1, -0.05) is 12.5 Å². The smallest absolute Gasteiger partial charge is 0.0296 e. The Balaban J connectivity index is 2.73. The van der Waals surface area contributed by atoms with Gasteiger partial charge in [0.05, 0.1) is 0 Å². The van der Waals surface area contributed by atoms with Crippen LogP contribution >= 0.6 is 0 Å². The van der Waals surface area contributed by atoms with Gasteiger partial charge in [-0.2, -0.15) is 5.10 Å². The first-order valence-corrected chi connectivity index (χ1v) is 3.63. The van der Waals surface area contributed by atoms with Crippen molar-refractivity contribution in [1.82, 2.24) is 5.01 Å². The molecule has 56 valence electrons. The second-order valence-corrected chi connectivity index (χ2v) is 2.88. The largest absolute Gasteiger partial charge is 0.276 e. The molecule has 0 radical (unpaired) electrons. The van der Waals surface area contributed by atoms with Crippen LogP contribution in [0.4, 0.5) is 0 Å². The topological polar surface area (TPSA) is 15.6 Å². The molecule has 0 aromatic carbocycles. The van der Waals surface area contributed by atoms with Crippen LogP contribution in [0.3, 0.4) is 0 Å². The second kappa shape index (κ2) is 2.86. The zero-order valence-corrected chi connectivity index (χ0v) is 6.83. The van der Waals surface area contributed by atoms with E-state index in [0.717, 1.165) is 6.42 Å². The van der Waals surface area contributed by atoms with E-state index in [1.54, 1.807) is 0 Å². The molecule has 2 heteroatoms. The summed E-state index contributed by atoms with van der Waals surface area (Å²) in [5, 5.41) is 6.02. The van der Waals surface area contributed by atoms with Crippen molar-refractivity contribution in [2.24, 2.45) is 11.0 Å².